The first-order chi connectivity index (χ1) is 9.31. The molecule has 0 aromatic carbocycles. The normalized spacial score (nSPS) is 10.6. The third-order valence-electron chi connectivity index (χ3n) is 2.78. The molecule has 2 heterocycles. The van der Waals surface area contributed by atoms with Gasteiger partial charge in [0.1, 0.15) is 9.88 Å². The van der Waals surface area contributed by atoms with Gasteiger partial charge in [0.15, 0.2) is 0 Å². The number of unbranched alkanes of at least 4 members (excludes halogenated alkanes) is 3. The maximum absolute atomic E-state index is 11.9. The zero-order valence-corrected chi connectivity index (χ0v) is 12.6. The predicted octanol–water partition coefficient (Wildman–Crippen LogP) is 4.18. The molecule has 0 bridgehead atoms. The molecule has 0 aliphatic heterocycles. The van der Waals surface area contributed by atoms with Crippen molar-refractivity contribution in [3.63, 3.8) is 0 Å². The van der Waals surface area contributed by atoms with Crippen LogP contribution in [0, 0.1) is 0 Å². The summed E-state index contributed by atoms with van der Waals surface area (Å²) >= 11 is 3.10. The first-order valence-electron chi connectivity index (χ1n) is 6.59. The monoisotopic (exact) mass is 294 g/mol. The number of amides is 1. The Labute approximate surface area is 121 Å². The van der Waals surface area contributed by atoms with Gasteiger partial charge in [-0.25, -0.2) is 4.98 Å². The van der Waals surface area contributed by atoms with Crippen LogP contribution in [0.3, 0.4) is 0 Å². The average Bonchev–Trinajstić information content (AvgIpc) is 3.08. The van der Waals surface area contributed by atoms with E-state index in [4.69, 9.17) is 0 Å². The molecule has 0 aliphatic carbocycles. The van der Waals surface area contributed by atoms with Gasteiger partial charge in [-0.2, -0.15) is 0 Å². The van der Waals surface area contributed by atoms with Crippen LogP contribution in [-0.4, -0.2) is 17.4 Å². The molecule has 3 nitrogen and oxygen atoms in total. The first kappa shape index (κ1) is 14.2. The number of hydrogen-bond acceptors (Lipinski definition) is 4. The molecule has 102 valence electrons. The summed E-state index contributed by atoms with van der Waals surface area (Å²) in [6.07, 6.45) is 6.35. The van der Waals surface area contributed by atoms with Crippen molar-refractivity contribution < 1.29 is 4.79 Å². The summed E-state index contributed by atoms with van der Waals surface area (Å²) in [7, 11) is 0. The number of nitrogens with zero attached hydrogens (tertiary/aromatic N) is 1. The number of carbonyl (C=O) groups is 1. The zero-order valence-electron chi connectivity index (χ0n) is 11.0. The van der Waals surface area contributed by atoms with E-state index in [0.717, 1.165) is 22.9 Å². The molecule has 19 heavy (non-hydrogen) atoms. The van der Waals surface area contributed by atoms with E-state index in [0.29, 0.717) is 4.88 Å². The van der Waals surface area contributed by atoms with Gasteiger partial charge in [-0.15, -0.1) is 22.7 Å². The van der Waals surface area contributed by atoms with Crippen LogP contribution in [0.5, 0.6) is 0 Å². The highest BCUT2D eigenvalue weighted by Gasteiger charge is 2.11. The Balaban J connectivity index is 1.83. The standard InChI is InChI=1S/C14H18N2OS2/c1-2-3-4-5-8-15-13(17)12-10-16-14(19-12)11-7-6-9-18-11/h6-7,9-10H,2-5,8H2,1H3,(H,15,17). The Hall–Kier alpha value is -1.20. The van der Waals surface area contributed by atoms with E-state index >= 15 is 0 Å². The number of nitrogens with one attached hydrogen (secondary N) is 1. The van der Waals surface area contributed by atoms with Crippen LogP contribution >= 0.6 is 22.7 Å². The summed E-state index contributed by atoms with van der Waals surface area (Å²) in [5.41, 5.74) is 0. The summed E-state index contributed by atoms with van der Waals surface area (Å²) in [4.78, 5) is 18.0. The molecule has 0 aliphatic rings. The molecule has 2 rings (SSSR count). The Morgan fingerprint density at radius 2 is 2.26 bits per heavy atom. The molecular weight excluding hydrogens is 276 g/mol. The van der Waals surface area contributed by atoms with E-state index < -0.39 is 0 Å². The second-order valence-electron chi connectivity index (χ2n) is 4.32. The van der Waals surface area contributed by atoms with E-state index in [1.165, 1.54) is 30.6 Å². The molecule has 1 N–H and O–H groups in total. The summed E-state index contributed by atoms with van der Waals surface area (Å²) in [6, 6.07) is 4.02. The summed E-state index contributed by atoms with van der Waals surface area (Å²) in [5, 5.41) is 5.89. The molecule has 0 spiro atoms. The van der Waals surface area contributed by atoms with Gasteiger partial charge in [0.2, 0.25) is 0 Å². The Morgan fingerprint density at radius 3 is 3.00 bits per heavy atom. The Morgan fingerprint density at radius 1 is 1.37 bits per heavy atom. The Kier molecular flexibility index (Phi) is 5.54. The van der Waals surface area contributed by atoms with Gasteiger partial charge in [0.25, 0.3) is 5.91 Å². The van der Waals surface area contributed by atoms with Crippen molar-refractivity contribution in [3.8, 4) is 9.88 Å². The molecule has 0 radical (unpaired) electrons. The largest absolute Gasteiger partial charge is 0.351 e. The number of aromatic nitrogens is 1. The van der Waals surface area contributed by atoms with Crippen LogP contribution in [0.1, 0.15) is 42.3 Å². The molecule has 1 amide bonds. The van der Waals surface area contributed by atoms with E-state index in [9.17, 15) is 4.79 Å². The summed E-state index contributed by atoms with van der Waals surface area (Å²) in [6.45, 7) is 2.94. The highest BCUT2D eigenvalue weighted by Crippen LogP contribution is 2.28. The fourth-order valence-corrected chi connectivity index (χ4v) is 3.37. The summed E-state index contributed by atoms with van der Waals surface area (Å²) in [5.74, 6) is -0.00296. The Bertz CT molecular complexity index is 505. The fourth-order valence-electron chi connectivity index (χ4n) is 1.73. The van der Waals surface area contributed by atoms with Gasteiger partial charge in [0, 0.05) is 6.54 Å². The minimum atomic E-state index is -0.00296. The van der Waals surface area contributed by atoms with Crippen LogP contribution in [0.25, 0.3) is 9.88 Å². The number of thiazole rings is 1. The van der Waals surface area contributed by atoms with Crippen molar-refractivity contribution >= 4 is 28.6 Å². The maximum atomic E-state index is 11.9. The van der Waals surface area contributed by atoms with Gasteiger partial charge >= 0.3 is 0 Å². The van der Waals surface area contributed by atoms with Crippen molar-refractivity contribution in [2.75, 3.05) is 6.54 Å². The maximum Gasteiger partial charge on any atom is 0.263 e. The quantitative estimate of drug-likeness (QED) is 0.778. The number of rotatable bonds is 7. The van der Waals surface area contributed by atoms with E-state index in [1.807, 2.05) is 17.5 Å². The lowest BCUT2D eigenvalue weighted by molar-refractivity contribution is 0.0957. The molecule has 2 aromatic heterocycles. The van der Waals surface area contributed by atoms with Gasteiger partial charge in [-0.1, -0.05) is 32.3 Å². The molecule has 0 unspecified atom stereocenters. The van der Waals surface area contributed by atoms with Gasteiger partial charge in [-0.3, -0.25) is 4.79 Å². The van der Waals surface area contributed by atoms with E-state index in [1.54, 1.807) is 17.5 Å². The second-order valence-corrected chi connectivity index (χ2v) is 6.30. The van der Waals surface area contributed by atoms with Crippen molar-refractivity contribution in [1.29, 1.82) is 0 Å². The predicted molar refractivity (Wildman–Crippen MR) is 81.9 cm³/mol. The zero-order chi connectivity index (χ0) is 13.5. The van der Waals surface area contributed by atoms with Crippen molar-refractivity contribution in [2.24, 2.45) is 0 Å². The smallest absolute Gasteiger partial charge is 0.263 e. The van der Waals surface area contributed by atoms with Crippen molar-refractivity contribution in [3.05, 3.63) is 28.6 Å². The lowest BCUT2D eigenvalue weighted by Crippen LogP contribution is -2.23. The lowest BCUT2D eigenvalue weighted by Gasteiger charge is -2.02. The fraction of sp³-hybridized carbons (Fsp3) is 0.429. The number of thiophene rings is 1. The molecule has 0 atom stereocenters. The van der Waals surface area contributed by atoms with Crippen LogP contribution in [0.2, 0.25) is 0 Å². The number of hydrogen-bond donors (Lipinski definition) is 1. The topological polar surface area (TPSA) is 42.0 Å². The van der Waals surface area contributed by atoms with E-state index in [2.05, 4.69) is 17.2 Å². The third-order valence-corrected chi connectivity index (χ3v) is 4.81. The SMILES string of the molecule is CCCCCCNC(=O)c1cnc(-c2cccs2)s1. The van der Waals surface area contributed by atoms with Crippen LogP contribution in [0.15, 0.2) is 23.7 Å². The van der Waals surface area contributed by atoms with Crippen molar-refractivity contribution in [2.45, 2.75) is 32.6 Å². The molecule has 0 saturated carbocycles. The molecular formula is C14H18N2OS2. The third kappa shape index (κ3) is 4.14. The van der Waals surface area contributed by atoms with Crippen molar-refractivity contribution in [1.82, 2.24) is 10.3 Å². The average molecular weight is 294 g/mol. The minimum Gasteiger partial charge on any atom is -0.351 e. The van der Waals surface area contributed by atoms with Crippen LogP contribution in [-0.2, 0) is 0 Å². The van der Waals surface area contributed by atoms with Gasteiger partial charge in [0.05, 0.1) is 11.1 Å². The van der Waals surface area contributed by atoms with Gasteiger partial charge in [-0.05, 0) is 17.9 Å². The molecule has 5 heteroatoms. The highest BCUT2D eigenvalue weighted by atomic mass is 32.1. The minimum absolute atomic E-state index is 0.00296. The van der Waals surface area contributed by atoms with Gasteiger partial charge < -0.3 is 5.32 Å². The van der Waals surface area contributed by atoms with E-state index in [-0.39, 0.29) is 5.91 Å². The molecule has 0 saturated heterocycles. The second kappa shape index (κ2) is 7.40. The molecule has 2 aromatic rings. The summed E-state index contributed by atoms with van der Waals surface area (Å²) < 4.78 is 0. The lowest BCUT2D eigenvalue weighted by atomic mass is 10.2. The molecule has 0 fully saturated rings. The number of carbonyl (C=O) groups excluding carboxylic acids is 1. The first-order valence-corrected chi connectivity index (χ1v) is 8.28. The van der Waals surface area contributed by atoms with Crippen LogP contribution in [0.4, 0.5) is 0 Å². The van der Waals surface area contributed by atoms with Crippen LogP contribution < -0.4 is 5.32 Å². The highest BCUT2D eigenvalue weighted by molar-refractivity contribution is 7.21.